The molecule has 0 amide bonds. The van der Waals surface area contributed by atoms with Crippen molar-refractivity contribution in [2.45, 2.75) is 25.1 Å². The molecule has 1 aliphatic rings. The van der Waals surface area contributed by atoms with Crippen LogP contribution in [0.4, 0.5) is 24.8 Å². The van der Waals surface area contributed by atoms with Crippen molar-refractivity contribution in [2.24, 2.45) is 0 Å². The van der Waals surface area contributed by atoms with E-state index in [9.17, 15) is 18.3 Å². The van der Waals surface area contributed by atoms with Gasteiger partial charge in [0.15, 0.2) is 0 Å². The zero-order chi connectivity index (χ0) is 14.3. The van der Waals surface area contributed by atoms with Gasteiger partial charge in [0.2, 0.25) is 0 Å². The first-order valence-electron chi connectivity index (χ1n) is 5.96. The average molecular weight is 275 g/mol. The molecule has 1 saturated heterocycles. The second-order valence-electron chi connectivity index (χ2n) is 5.02. The Bertz CT molecular complexity index is 474. The number of hydrogen-bond donors (Lipinski definition) is 2. The molecule has 2 rings (SSSR count). The minimum Gasteiger partial charge on any atom is -0.388 e. The van der Waals surface area contributed by atoms with Crippen molar-refractivity contribution in [3.05, 3.63) is 17.7 Å². The molecule has 0 spiro atoms. The molecule has 0 aliphatic carbocycles. The maximum atomic E-state index is 12.8. The molecule has 1 aromatic heterocycles. The summed E-state index contributed by atoms with van der Waals surface area (Å²) >= 11 is 0. The molecule has 0 radical (unpaired) electrons. The van der Waals surface area contributed by atoms with Gasteiger partial charge in [0, 0.05) is 20.1 Å². The normalized spacial score (nSPS) is 23.8. The Labute approximate surface area is 109 Å². The zero-order valence-electron chi connectivity index (χ0n) is 10.8. The van der Waals surface area contributed by atoms with E-state index in [2.05, 4.69) is 10.3 Å². The molecular formula is C12H16F3N3O. The fourth-order valence-electron chi connectivity index (χ4n) is 2.11. The van der Waals surface area contributed by atoms with Crippen LogP contribution >= 0.6 is 0 Å². The molecule has 2 N–H and O–H groups in total. The fraction of sp³-hybridized carbons (Fsp3) is 0.583. The number of anilines is 2. The smallest absolute Gasteiger partial charge is 0.388 e. The Hall–Kier alpha value is -1.50. The predicted molar refractivity (Wildman–Crippen MR) is 66.2 cm³/mol. The lowest BCUT2D eigenvalue weighted by molar-refractivity contribution is -0.137. The molecule has 1 atom stereocenters. The highest BCUT2D eigenvalue weighted by Crippen LogP contribution is 2.34. The summed E-state index contributed by atoms with van der Waals surface area (Å²) in [5.74, 6) is 0.397. The highest BCUT2D eigenvalue weighted by Gasteiger charge is 2.35. The molecule has 1 unspecified atom stereocenters. The molecule has 4 nitrogen and oxygen atoms in total. The largest absolute Gasteiger partial charge is 0.416 e. The summed E-state index contributed by atoms with van der Waals surface area (Å²) in [7, 11) is 1.52. The number of aromatic nitrogens is 1. The first-order chi connectivity index (χ1) is 8.71. The monoisotopic (exact) mass is 275 g/mol. The molecule has 106 valence electrons. The highest BCUT2D eigenvalue weighted by atomic mass is 19.4. The van der Waals surface area contributed by atoms with Gasteiger partial charge in [0.05, 0.1) is 11.2 Å². The van der Waals surface area contributed by atoms with Crippen LogP contribution in [0.2, 0.25) is 0 Å². The van der Waals surface area contributed by atoms with Crippen LogP contribution in [0.5, 0.6) is 0 Å². The summed E-state index contributed by atoms with van der Waals surface area (Å²) in [5, 5.41) is 12.5. The Morgan fingerprint density at radius 3 is 2.58 bits per heavy atom. The second-order valence-corrected chi connectivity index (χ2v) is 5.02. The van der Waals surface area contributed by atoms with E-state index in [1.54, 1.807) is 11.8 Å². The minimum atomic E-state index is -4.41. The third-order valence-corrected chi connectivity index (χ3v) is 3.17. The van der Waals surface area contributed by atoms with E-state index in [0.29, 0.717) is 13.0 Å². The Morgan fingerprint density at radius 2 is 2.11 bits per heavy atom. The van der Waals surface area contributed by atoms with Crippen LogP contribution in [0.15, 0.2) is 12.1 Å². The van der Waals surface area contributed by atoms with Crippen LogP contribution in [-0.4, -0.2) is 35.8 Å². The first kappa shape index (κ1) is 13.9. The Kier molecular flexibility index (Phi) is 3.34. The molecule has 0 saturated carbocycles. The lowest BCUT2D eigenvalue weighted by atomic mass is 10.1. The van der Waals surface area contributed by atoms with Crippen LogP contribution in [0.25, 0.3) is 0 Å². The second kappa shape index (κ2) is 4.56. The van der Waals surface area contributed by atoms with Gasteiger partial charge < -0.3 is 15.3 Å². The van der Waals surface area contributed by atoms with E-state index in [0.717, 1.165) is 12.1 Å². The summed E-state index contributed by atoms with van der Waals surface area (Å²) in [6.45, 7) is 2.44. The molecule has 0 aromatic carbocycles. The topological polar surface area (TPSA) is 48.4 Å². The first-order valence-corrected chi connectivity index (χ1v) is 5.96. The number of halogens is 3. The van der Waals surface area contributed by atoms with Gasteiger partial charge >= 0.3 is 6.18 Å². The maximum absolute atomic E-state index is 12.8. The quantitative estimate of drug-likeness (QED) is 0.868. The summed E-state index contributed by atoms with van der Waals surface area (Å²) in [5.41, 5.74) is -1.62. The molecule has 1 fully saturated rings. The lowest BCUT2D eigenvalue weighted by Crippen LogP contribution is -2.30. The van der Waals surface area contributed by atoms with E-state index in [1.807, 2.05) is 0 Å². The van der Waals surface area contributed by atoms with E-state index in [-0.39, 0.29) is 18.2 Å². The van der Waals surface area contributed by atoms with Crippen LogP contribution in [0.1, 0.15) is 18.9 Å². The lowest BCUT2D eigenvalue weighted by Gasteiger charge is -2.21. The number of rotatable bonds is 2. The van der Waals surface area contributed by atoms with Gasteiger partial charge in [-0.05, 0) is 25.5 Å². The maximum Gasteiger partial charge on any atom is 0.416 e. The van der Waals surface area contributed by atoms with E-state index in [1.165, 1.54) is 7.05 Å². The summed E-state index contributed by atoms with van der Waals surface area (Å²) in [6, 6.07) is 1.99. The minimum absolute atomic E-state index is 0.163. The van der Waals surface area contributed by atoms with Crippen molar-refractivity contribution in [1.82, 2.24) is 4.98 Å². The van der Waals surface area contributed by atoms with E-state index < -0.39 is 17.3 Å². The summed E-state index contributed by atoms with van der Waals surface area (Å²) < 4.78 is 38.4. The van der Waals surface area contributed by atoms with Gasteiger partial charge in [-0.2, -0.15) is 13.2 Å². The number of aliphatic hydroxyl groups is 1. The predicted octanol–water partition coefficient (Wildman–Crippen LogP) is 2.10. The SMILES string of the molecule is CNc1cc(C(F)(F)F)cc(N2CCC(C)(O)C2)n1. The standard InChI is InChI=1S/C12H16F3N3O/c1-11(19)3-4-18(7-11)10-6-8(12(13,14)15)5-9(16-2)17-10/h5-6,19H,3-4,7H2,1-2H3,(H,16,17). The van der Waals surface area contributed by atoms with Gasteiger partial charge in [0.25, 0.3) is 0 Å². The van der Waals surface area contributed by atoms with Crippen LogP contribution in [0.3, 0.4) is 0 Å². The fourth-order valence-corrected chi connectivity index (χ4v) is 2.11. The van der Waals surface area contributed by atoms with Crippen LogP contribution < -0.4 is 10.2 Å². The molecule has 19 heavy (non-hydrogen) atoms. The van der Waals surface area contributed by atoms with Gasteiger partial charge in [-0.25, -0.2) is 4.98 Å². The third-order valence-electron chi connectivity index (χ3n) is 3.17. The molecular weight excluding hydrogens is 259 g/mol. The van der Waals surface area contributed by atoms with Crippen molar-refractivity contribution < 1.29 is 18.3 Å². The van der Waals surface area contributed by atoms with E-state index >= 15 is 0 Å². The van der Waals surface area contributed by atoms with Crippen molar-refractivity contribution in [2.75, 3.05) is 30.4 Å². The van der Waals surface area contributed by atoms with Gasteiger partial charge in [0.1, 0.15) is 11.6 Å². The Balaban J connectivity index is 2.35. The van der Waals surface area contributed by atoms with Crippen LogP contribution in [-0.2, 0) is 6.18 Å². The summed E-state index contributed by atoms with van der Waals surface area (Å²) in [6.07, 6.45) is -3.90. The molecule has 2 heterocycles. The van der Waals surface area contributed by atoms with Crippen molar-refractivity contribution >= 4 is 11.6 Å². The van der Waals surface area contributed by atoms with Crippen LogP contribution in [0, 0.1) is 0 Å². The molecule has 1 aromatic rings. The van der Waals surface area contributed by atoms with Crippen molar-refractivity contribution in [3.63, 3.8) is 0 Å². The molecule has 7 heteroatoms. The van der Waals surface area contributed by atoms with Crippen molar-refractivity contribution in [1.29, 1.82) is 0 Å². The number of alkyl halides is 3. The number of nitrogens with one attached hydrogen (secondary N) is 1. The number of nitrogens with zero attached hydrogens (tertiary/aromatic N) is 2. The van der Waals surface area contributed by atoms with Gasteiger partial charge in [-0.15, -0.1) is 0 Å². The molecule has 1 aliphatic heterocycles. The number of hydrogen-bond acceptors (Lipinski definition) is 4. The van der Waals surface area contributed by atoms with Crippen molar-refractivity contribution in [3.8, 4) is 0 Å². The molecule has 0 bridgehead atoms. The highest BCUT2D eigenvalue weighted by molar-refractivity contribution is 5.52. The summed E-state index contributed by atoms with van der Waals surface area (Å²) in [4.78, 5) is 5.78. The van der Waals surface area contributed by atoms with E-state index in [4.69, 9.17) is 0 Å². The Morgan fingerprint density at radius 1 is 1.42 bits per heavy atom. The van der Waals surface area contributed by atoms with Gasteiger partial charge in [-0.1, -0.05) is 0 Å². The van der Waals surface area contributed by atoms with Gasteiger partial charge in [-0.3, -0.25) is 0 Å². The zero-order valence-corrected chi connectivity index (χ0v) is 10.8. The number of β-amino-alcohol motifs (C(OH)–C–C–N with tert-alkyl or cyclic N) is 1. The number of pyridine rings is 1. The third kappa shape index (κ3) is 3.09. The average Bonchev–Trinajstić information content (AvgIpc) is 2.68.